The van der Waals surface area contributed by atoms with E-state index in [0.717, 1.165) is 23.7 Å². The quantitative estimate of drug-likeness (QED) is 0.915. The van der Waals surface area contributed by atoms with Gasteiger partial charge in [-0.15, -0.1) is 11.3 Å². The number of rotatable bonds is 2. The molecule has 1 aliphatic heterocycles. The number of aryl methyl sites for hydroxylation is 2. The van der Waals surface area contributed by atoms with Crippen LogP contribution in [0.3, 0.4) is 0 Å². The van der Waals surface area contributed by atoms with Crippen molar-refractivity contribution in [3.63, 3.8) is 0 Å². The van der Waals surface area contributed by atoms with Gasteiger partial charge in [-0.25, -0.2) is 4.98 Å². The normalized spacial score (nSPS) is 16.3. The minimum atomic E-state index is -0.101. The Morgan fingerprint density at radius 2 is 2.26 bits per heavy atom. The zero-order chi connectivity index (χ0) is 13.4. The standard InChI is InChI=1S/C15H19N3S/c1-10-9-19-15(17-10)14(16)12-5-6-13-11(8-12)4-3-7-18(13)2/h5-6,8-9,14H,3-4,7,16H2,1-2H3. The van der Waals surface area contributed by atoms with Crippen LogP contribution in [0.4, 0.5) is 5.69 Å². The SMILES string of the molecule is Cc1csc(C(N)c2ccc3c(c2)CCCN3C)n1. The van der Waals surface area contributed by atoms with E-state index in [-0.39, 0.29) is 6.04 Å². The van der Waals surface area contributed by atoms with E-state index in [2.05, 4.69) is 40.5 Å². The highest BCUT2D eigenvalue weighted by Crippen LogP contribution is 2.30. The second-order valence-electron chi connectivity index (χ2n) is 5.22. The van der Waals surface area contributed by atoms with Gasteiger partial charge in [0.1, 0.15) is 5.01 Å². The van der Waals surface area contributed by atoms with Gasteiger partial charge in [-0.2, -0.15) is 0 Å². The highest BCUT2D eigenvalue weighted by Gasteiger charge is 2.17. The minimum Gasteiger partial charge on any atom is -0.374 e. The molecule has 3 nitrogen and oxygen atoms in total. The van der Waals surface area contributed by atoms with Gasteiger partial charge in [0, 0.05) is 30.4 Å². The van der Waals surface area contributed by atoms with Gasteiger partial charge in [-0.3, -0.25) is 0 Å². The summed E-state index contributed by atoms with van der Waals surface area (Å²) < 4.78 is 0. The number of anilines is 1. The minimum absolute atomic E-state index is 0.101. The van der Waals surface area contributed by atoms with Crippen molar-refractivity contribution in [3.8, 4) is 0 Å². The van der Waals surface area contributed by atoms with Gasteiger partial charge < -0.3 is 10.6 Å². The molecule has 1 aromatic heterocycles. The fraction of sp³-hybridized carbons (Fsp3) is 0.400. The third-order valence-electron chi connectivity index (χ3n) is 3.72. The Bertz CT molecular complexity index is 591. The maximum absolute atomic E-state index is 6.33. The van der Waals surface area contributed by atoms with Crippen LogP contribution in [-0.2, 0) is 6.42 Å². The third kappa shape index (κ3) is 2.38. The van der Waals surface area contributed by atoms with Gasteiger partial charge in [0.05, 0.1) is 6.04 Å². The van der Waals surface area contributed by atoms with Crippen LogP contribution >= 0.6 is 11.3 Å². The van der Waals surface area contributed by atoms with E-state index in [9.17, 15) is 0 Å². The zero-order valence-corrected chi connectivity index (χ0v) is 12.2. The van der Waals surface area contributed by atoms with Crippen molar-refractivity contribution in [2.75, 3.05) is 18.5 Å². The van der Waals surface area contributed by atoms with E-state index < -0.39 is 0 Å². The number of nitrogens with two attached hydrogens (primary N) is 1. The van der Waals surface area contributed by atoms with Crippen LogP contribution in [0.1, 0.15) is 34.3 Å². The van der Waals surface area contributed by atoms with E-state index >= 15 is 0 Å². The van der Waals surface area contributed by atoms with E-state index in [0.29, 0.717) is 0 Å². The molecule has 1 aliphatic rings. The molecule has 0 saturated carbocycles. The summed E-state index contributed by atoms with van der Waals surface area (Å²) in [5.74, 6) is 0. The molecule has 1 unspecified atom stereocenters. The number of benzene rings is 1. The molecule has 1 aromatic carbocycles. The van der Waals surface area contributed by atoms with Crippen LogP contribution in [0.25, 0.3) is 0 Å². The highest BCUT2D eigenvalue weighted by molar-refractivity contribution is 7.09. The maximum Gasteiger partial charge on any atom is 0.114 e. The van der Waals surface area contributed by atoms with Crippen molar-refractivity contribution in [1.82, 2.24) is 4.98 Å². The molecule has 0 saturated heterocycles. The van der Waals surface area contributed by atoms with Gasteiger partial charge in [-0.1, -0.05) is 12.1 Å². The van der Waals surface area contributed by atoms with Crippen LogP contribution in [0.5, 0.6) is 0 Å². The molecule has 0 spiro atoms. The van der Waals surface area contributed by atoms with Crippen LogP contribution in [0, 0.1) is 6.92 Å². The molecule has 0 bridgehead atoms. The fourth-order valence-electron chi connectivity index (χ4n) is 2.66. The van der Waals surface area contributed by atoms with Gasteiger partial charge in [0.15, 0.2) is 0 Å². The van der Waals surface area contributed by atoms with E-state index in [1.807, 2.05) is 6.92 Å². The average Bonchev–Trinajstić information content (AvgIpc) is 2.84. The first kappa shape index (κ1) is 12.6. The lowest BCUT2D eigenvalue weighted by atomic mass is 9.97. The number of fused-ring (bicyclic) bond motifs is 1. The fourth-order valence-corrected chi connectivity index (χ4v) is 3.48. The summed E-state index contributed by atoms with van der Waals surface area (Å²) in [5.41, 5.74) is 11.3. The molecule has 19 heavy (non-hydrogen) atoms. The van der Waals surface area contributed by atoms with E-state index in [4.69, 9.17) is 5.73 Å². The molecule has 2 heterocycles. The van der Waals surface area contributed by atoms with Gasteiger partial charge in [0.25, 0.3) is 0 Å². The lowest BCUT2D eigenvalue weighted by Crippen LogP contribution is -2.25. The number of aromatic nitrogens is 1. The van der Waals surface area contributed by atoms with Crippen LogP contribution < -0.4 is 10.6 Å². The molecule has 2 N–H and O–H groups in total. The number of hydrogen-bond acceptors (Lipinski definition) is 4. The van der Waals surface area contributed by atoms with Crippen LogP contribution in [-0.4, -0.2) is 18.6 Å². The lowest BCUT2D eigenvalue weighted by molar-refractivity contribution is 0.740. The Labute approximate surface area is 118 Å². The molecule has 0 aliphatic carbocycles. The lowest BCUT2D eigenvalue weighted by Gasteiger charge is -2.28. The van der Waals surface area contributed by atoms with Crippen molar-refractivity contribution in [2.24, 2.45) is 5.73 Å². The van der Waals surface area contributed by atoms with Crippen molar-refractivity contribution >= 4 is 17.0 Å². The summed E-state index contributed by atoms with van der Waals surface area (Å²) >= 11 is 1.64. The summed E-state index contributed by atoms with van der Waals surface area (Å²) in [6.45, 7) is 3.15. The van der Waals surface area contributed by atoms with Gasteiger partial charge in [0.2, 0.25) is 0 Å². The molecular formula is C15H19N3S. The predicted molar refractivity (Wildman–Crippen MR) is 80.9 cm³/mol. The summed E-state index contributed by atoms with van der Waals surface area (Å²) in [7, 11) is 2.15. The van der Waals surface area contributed by atoms with Gasteiger partial charge in [-0.05, 0) is 37.0 Å². The van der Waals surface area contributed by atoms with Gasteiger partial charge >= 0.3 is 0 Å². The summed E-state index contributed by atoms with van der Waals surface area (Å²) in [5, 5.41) is 3.06. The average molecular weight is 273 g/mol. The molecule has 3 rings (SSSR count). The first-order valence-electron chi connectivity index (χ1n) is 6.67. The summed E-state index contributed by atoms with van der Waals surface area (Å²) in [6.07, 6.45) is 2.37. The molecule has 1 atom stereocenters. The molecule has 100 valence electrons. The Hall–Kier alpha value is -1.39. The second kappa shape index (κ2) is 4.94. The topological polar surface area (TPSA) is 42.1 Å². The molecule has 0 amide bonds. The van der Waals surface area contributed by atoms with Crippen molar-refractivity contribution in [2.45, 2.75) is 25.8 Å². The van der Waals surface area contributed by atoms with E-state index in [1.165, 1.54) is 23.2 Å². The van der Waals surface area contributed by atoms with Crippen LogP contribution in [0.2, 0.25) is 0 Å². The molecule has 2 aromatic rings. The number of thiazole rings is 1. The first-order chi connectivity index (χ1) is 9.15. The third-order valence-corrected chi connectivity index (χ3v) is 4.76. The second-order valence-corrected chi connectivity index (χ2v) is 6.11. The number of nitrogens with zero attached hydrogens (tertiary/aromatic N) is 2. The monoisotopic (exact) mass is 273 g/mol. The smallest absolute Gasteiger partial charge is 0.114 e. The van der Waals surface area contributed by atoms with Crippen molar-refractivity contribution in [1.29, 1.82) is 0 Å². The number of hydrogen-bond donors (Lipinski definition) is 1. The molecule has 0 fully saturated rings. The Balaban J connectivity index is 1.93. The Kier molecular flexibility index (Phi) is 3.29. The Morgan fingerprint density at radius 1 is 1.42 bits per heavy atom. The molecule has 0 radical (unpaired) electrons. The largest absolute Gasteiger partial charge is 0.374 e. The first-order valence-corrected chi connectivity index (χ1v) is 7.54. The van der Waals surface area contributed by atoms with Crippen molar-refractivity contribution in [3.05, 3.63) is 45.4 Å². The molecular weight excluding hydrogens is 254 g/mol. The van der Waals surface area contributed by atoms with Crippen molar-refractivity contribution < 1.29 is 0 Å². The highest BCUT2D eigenvalue weighted by atomic mass is 32.1. The summed E-state index contributed by atoms with van der Waals surface area (Å²) in [6, 6.07) is 6.50. The Morgan fingerprint density at radius 3 is 3.00 bits per heavy atom. The van der Waals surface area contributed by atoms with E-state index in [1.54, 1.807) is 11.3 Å². The van der Waals surface area contributed by atoms with Crippen LogP contribution in [0.15, 0.2) is 23.6 Å². The predicted octanol–water partition coefficient (Wildman–Crippen LogP) is 2.88. The maximum atomic E-state index is 6.33. The zero-order valence-electron chi connectivity index (χ0n) is 11.4. The summed E-state index contributed by atoms with van der Waals surface area (Å²) in [4.78, 5) is 6.82. The molecule has 4 heteroatoms.